The second-order valence-electron chi connectivity index (χ2n) is 5.79. The molecule has 0 radical (unpaired) electrons. The molecule has 2 aromatic heterocycles. The number of piperazine rings is 1. The fourth-order valence-corrected chi connectivity index (χ4v) is 3.33. The molecule has 1 fully saturated rings. The van der Waals surface area contributed by atoms with E-state index in [1.807, 2.05) is 34.6 Å². The van der Waals surface area contributed by atoms with Crippen LogP contribution < -0.4 is 4.90 Å². The van der Waals surface area contributed by atoms with Gasteiger partial charge in [-0.3, -0.25) is 4.79 Å². The Morgan fingerprint density at radius 2 is 2.04 bits per heavy atom. The van der Waals surface area contributed by atoms with Crippen LogP contribution in [0.2, 0.25) is 0 Å². The Morgan fingerprint density at radius 1 is 1.23 bits per heavy atom. The molecule has 2 aromatic rings. The number of hydrogen-bond donors (Lipinski definition) is 0. The number of thiophene rings is 1. The maximum Gasteiger partial charge on any atom is 0.339 e. The summed E-state index contributed by atoms with van der Waals surface area (Å²) in [4.78, 5) is 33.3. The molecule has 0 spiro atoms. The number of nitrogens with zero attached hydrogens (tertiary/aromatic N) is 3. The second kappa shape index (κ2) is 8.62. The van der Waals surface area contributed by atoms with Gasteiger partial charge in [0.15, 0.2) is 0 Å². The van der Waals surface area contributed by atoms with Gasteiger partial charge in [-0.25, -0.2) is 9.78 Å². The number of esters is 1. The Labute approximate surface area is 156 Å². The monoisotopic (exact) mass is 371 g/mol. The van der Waals surface area contributed by atoms with Gasteiger partial charge in [0.05, 0.1) is 12.2 Å². The highest BCUT2D eigenvalue weighted by Gasteiger charge is 2.20. The Morgan fingerprint density at radius 3 is 2.65 bits per heavy atom. The topological polar surface area (TPSA) is 62.7 Å². The number of pyridine rings is 1. The molecule has 0 aliphatic carbocycles. The summed E-state index contributed by atoms with van der Waals surface area (Å²) >= 11 is 1.61. The summed E-state index contributed by atoms with van der Waals surface area (Å²) in [5.41, 5.74) is 0.447. The van der Waals surface area contributed by atoms with Crippen LogP contribution in [0.1, 0.15) is 22.2 Å². The molecular weight excluding hydrogens is 350 g/mol. The third-order valence-corrected chi connectivity index (χ3v) is 4.95. The zero-order chi connectivity index (χ0) is 18.4. The lowest BCUT2D eigenvalue weighted by atomic mass is 10.2. The summed E-state index contributed by atoms with van der Waals surface area (Å²) in [5.74, 6) is 0.474. The minimum absolute atomic E-state index is 0.0312. The highest BCUT2D eigenvalue weighted by molar-refractivity contribution is 7.10. The van der Waals surface area contributed by atoms with Crippen LogP contribution in [-0.4, -0.2) is 54.5 Å². The molecule has 1 amide bonds. The predicted molar refractivity (Wildman–Crippen MR) is 102 cm³/mol. The summed E-state index contributed by atoms with van der Waals surface area (Å²) in [5, 5.41) is 1.99. The number of anilines is 1. The van der Waals surface area contributed by atoms with Gasteiger partial charge in [-0.1, -0.05) is 6.07 Å². The highest BCUT2D eigenvalue weighted by atomic mass is 32.1. The Bertz CT molecular complexity index is 764. The molecule has 3 rings (SSSR count). The van der Waals surface area contributed by atoms with Crippen molar-refractivity contribution >= 4 is 35.1 Å². The molecule has 1 saturated heterocycles. The van der Waals surface area contributed by atoms with E-state index in [4.69, 9.17) is 4.74 Å². The highest BCUT2D eigenvalue weighted by Crippen LogP contribution is 2.15. The van der Waals surface area contributed by atoms with E-state index >= 15 is 0 Å². The zero-order valence-electron chi connectivity index (χ0n) is 14.6. The van der Waals surface area contributed by atoms with Crippen LogP contribution in [0.15, 0.2) is 41.9 Å². The molecular formula is C19H21N3O3S. The average molecular weight is 371 g/mol. The molecule has 0 unspecified atom stereocenters. The number of carbonyl (C=O) groups is 2. The van der Waals surface area contributed by atoms with Gasteiger partial charge in [0, 0.05) is 43.3 Å². The van der Waals surface area contributed by atoms with Gasteiger partial charge in [0.2, 0.25) is 5.91 Å². The fraction of sp³-hybridized carbons (Fsp3) is 0.316. The minimum Gasteiger partial charge on any atom is -0.462 e. The van der Waals surface area contributed by atoms with Crippen molar-refractivity contribution in [3.8, 4) is 0 Å². The molecule has 136 valence electrons. The van der Waals surface area contributed by atoms with Gasteiger partial charge >= 0.3 is 5.97 Å². The Hall–Kier alpha value is -2.67. The standard InChI is InChI=1S/C19H21N3O3S/c1-2-25-19(24)15-5-7-17(20-14-15)21-9-11-22(12-10-21)18(23)8-6-16-4-3-13-26-16/h3-8,13-14H,2,9-12H2,1H3. The first kappa shape index (κ1) is 18.1. The van der Waals surface area contributed by atoms with Gasteiger partial charge in [0.1, 0.15) is 5.82 Å². The van der Waals surface area contributed by atoms with Crippen molar-refractivity contribution in [1.82, 2.24) is 9.88 Å². The molecule has 0 N–H and O–H groups in total. The molecule has 7 heteroatoms. The number of hydrogen-bond acceptors (Lipinski definition) is 6. The maximum atomic E-state index is 12.3. The Balaban J connectivity index is 1.53. The van der Waals surface area contributed by atoms with Gasteiger partial charge < -0.3 is 14.5 Å². The quantitative estimate of drug-likeness (QED) is 0.597. The number of ether oxygens (including phenoxy) is 1. The summed E-state index contributed by atoms with van der Waals surface area (Å²) < 4.78 is 4.96. The van der Waals surface area contributed by atoms with E-state index in [9.17, 15) is 9.59 Å². The van der Waals surface area contributed by atoms with Crippen LogP contribution in [0.5, 0.6) is 0 Å². The lowest BCUT2D eigenvalue weighted by Gasteiger charge is -2.35. The first-order valence-corrected chi connectivity index (χ1v) is 9.44. The fourth-order valence-electron chi connectivity index (χ4n) is 2.71. The number of carbonyl (C=O) groups excluding carboxylic acids is 2. The molecule has 0 saturated carbocycles. The second-order valence-corrected chi connectivity index (χ2v) is 6.77. The van der Waals surface area contributed by atoms with Crippen molar-refractivity contribution in [2.24, 2.45) is 0 Å². The number of rotatable bonds is 5. The number of amides is 1. The van der Waals surface area contributed by atoms with Gasteiger partial charge in [-0.15, -0.1) is 11.3 Å². The van der Waals surface area contributed by atoms with Gasteiger partial charge in [0.25, 0.3) is 0 Å². The Kier molecular flexibility index (Phi) is 6.01. The van der Waals surface area contributed by atoms with E-state index in [-0.39, 0.29) is 11.9 Å². The minimum atomic E-state index is -0.362. The van der Waals surface area contributed by atoms with Gasteiger partial charge in [-0.2, -0.15) is 0 Å². The summed E-state index contributed by atoms with van der Waals surface area (Å²) in [6.07, 6.45) is 5.03. The van der Waals surface area contributed by atoms with Crippen molar-refractivity contribution in [3.63, 3.8) is 0 Å². The molecule has 6 nitrogen and oxygen atoms in total. The SMILES string of the molecule is CCOC(=O)c1ccc(N2CCN(C(=O)C=Cc3cccs3)CC2)nc1. The van der Waals surface area contributed by atoms with Crippen LogP contribution in [0, 0.1) is 0 Å². The molecule has 1 aliphatic heterocycles. The van der Waals surface area contributed by atoms with E-state index in [1.165, 1.54) is 6.20 Å². The molecule has 0 aromatic carbocycles. The van der Waals surface area contributed by atoms with E-state index < -0.39 is 0 Å². The van der Waals surface area contributed by atoms with Crippen molar-refractivity contribution < 1.29 is 14.3 Å². The van der Waals surface area contributed by atoms with E-state index in [0.29, 0.717) is 38.3 Å². The van der Waals surface area contributed by atoms with Gasteiger partial charge in [-0.05, 0) is 36.6 Å². The van der Waals surface area contributed by atoms with Crippen molar-refractivity contribution in [1.29, 1.82) is 0 Å². The molecule has 0 atom stereocenters. The first-order chi connectivity index (χ1) is 12.7. The van der Waals surface area contributed by atoms with Crippen LogP contribution in [0.4, 0.5) is 5.82 Å². The van der Waals surface area contributed by atoms with Crippen LogP contribution in [0.3, 0.4) is 0 Å². The number of aromatic nitrogens is 1. The van der Waals surface area contributed by atoms with E-state index in [2.05, 4.69) is 9.88 Å². The summed E-state index contributed by atoms with van der Waals surface area (Å²) in [7, 11) is 0. The average Bonchev–Trinajstić information content (AvgIpc) is 3.20. The molecule has 26 heavy (non-hydrogen) atoms. The first-order valence-electron chi connectivity index (χ1n) is 8.56. The third kappa shape index (κ3) is 4.49. The van der Waals surface area contributed by atoms with E-state index in [1.54, 1.807) is 30.4 Å². The lowest BCUT2D eigenvalue weighted by Crippen LogP contribution is -2.48. The summed E-state index contributed by atoms with van der Waals surface area (Å²) in [6, 6.07) is 7.49. The van der Waals surface area contributed by atoms with Crippen LogP contribution >= 0.6 is 11.3 Å². The third-order valence-electron chi connectivity index (χ3n) is 4.11. The van der Waals surface area contributed by atoms with Crippen LogP contribution in [0.25, 0.3) is 6.08 Å². The van der Waals surface area contributed by atoms with Crippen molar-refractivity contribution in [2.45, 2.75) is 6.92 Å². The predicted octanol–water partition coefficient (Wildman–Crippen LogP) is 2.68. The van der Waals surface area contributed by atoms with Crippen molar-refractivity contribution in [2.75, 3.05) is 37.7 Å². The van der Waals surface area contributed by atoms with E-state index in [0.717, 1.165) is 10.7 Å². The summed E-state index contributed by atoms with van der Waals surface area (Å²) in [6.45, 7) is 4.84. The van der Waals surface area contributed by atoms with Crippen LogP contribution in [-0.2, 0) is 9.53 Å². The smallest absolute Gasteiger partial charge is 0.339 e. The molecule has 0 bridgehead atoms. The largest absolute Gasteiger partial charge is 0.462 e. The van der Waals surface area contributed by atoms with Crippen molar-refractivity contribution in [3.05, 3.63) is 52.4 Å². The maximum absolute atomic E-state index is 12.3. The molecule has 3 heterocycles. The normalized spacial score (nSPS) is 14.7. The lowest BCUT2D eigenvalue weighted by molar-refractivity contribution is -0.126. The molecule has 1 aliphatic rings. The zero-order valence-corrected chi connectivity index (χ0v) is 15.4.